The second-order valence-corrected chi connectivity index (χ2v) is 4.41. The van der Waals surface area contributed by atoms with E-state index >= 15 is 0 Å². The van der Waals surface area contributed by atoms with Gasteiger partial charge in [0.05, 0.1) is 6.04 Å². The zero-order valence-electron chi connectivity index (χ0n) is 10.9. The van der Waals surface area contributed by atoms with E-state index in [1.807, 2.05) is 0 Å². The Morgan fingerprint density at radius 1 is 1.53 bits per heavy atom. The van der Waals surface area contributed by atoms with Gasteiger partial charge >= 0.3 is 0 Å². The normalized spacial score (nSPS) is 20.0. The molecule has 1 aliphatic rings. The Bertz CT molecular complexity index is 467. The number of nitrogens with zero attached hydrogens (tertiary/aromatic N) is 2. The van der Waals surface area contributed by atoms with Crippen LogP contribution in [0, 0.1) is 0 Å². The summed E-state index contributed by atoms with van der Waals surface area (Å²) in [6.45, 7) is 2.48. The summed E-state index contributed by atoms with van der Waals surface area (Å²) < 4.78 is 5.05. The summed E-state index contributed by atoms with van der Waals surface area (Å²) >= 11 is 0. The number of aromatic nitrogens is 2. The molecular weight excluding hydrogens is 250 g/mol. The summed E-state index contributed by atoms with van der Waals surface area (Å²) in [6, 6.07) is -0.630. The molecule has 8 nitrogen and oxygen atoms in total. The van der Waals surface area contributed by atoms with E-state index in [1.54, 1.807) is 6.92 Å². The number of hydrogen-bond donors (Lipinski definition) is 3. The lowest BCUT2D eigenvalue weighted by molar-refractivity contribution is -0.122. The Labute approximate surface area is 110 Å². The third-order valence-electron chi connectivity index (χ3n) is 2.99. The number of hydrogen-bond acceptors (Lipinski definition) is 6. The van der Waals surface area contributed by atoms with Crippen LogP contribution in [-0.2, 0) is 4.79 Å². The van der Waals surface area contributed by atoms with Crippen molar-refractivity contribution in [2.45, 2.75) is 31.8 Å². The van der Waals surface area contributed by atoms with Crippen LogP contribution < -0.4 is 16.0 Å². The molecule has 1 aliphatic heterocycles. The predicted molar refractivity (Wildman–Crippen MR) is 65.3 cm³/mol. The third-order valence-corrected chi connectivity index (χ3v) is 2.99. The van der Waals surface area contributed by atoms with Crippen molar-refractivity contribution in [1.82, 2.24) is 26.1 Å². The van der Waals surface area contributed by atoms with E-state index in [9.17, 15) is 9.59 Å². The average molecular weight is 267 g/mol. The van der Waals surface area contributed by atoms with Gasteiger partial charge in [0, 0.05) is 7.05 Å². The first-order valence-electron chi connectivity index (χ1n) is 6.21. The van der Waals surface area contributed by atoms with Crippen LogP contribution in [0.15, 0.2) is 4.52 Å². The highest BCUT2D eigenvalue weighted by molar-refractivity contribution is 5.94. The Balaban J connectivity index is 1.97. The highest BCUT2D eigenvalue weighted by Gasteiger charge is 2.25. The van der Waals surface area contributed by atoms with Crippen molar-refractivity contribution in [3.8, 4) is 0 Å². The summed E-state index contributed by atoms with van der Waals surface area (Å²) in [5.41, 5.74) is 0. The van der Waals surface area contributed by atoms with Gasteiger partial charge in [-0.3, -0.25) is 9.59 Å². The summed E-state index contributed by atoms with van der Waals surface area (Å²) in [5.74, 6) is -0.451. The summed E-state index contributed by atoms with van der Waals surface area (Å²) in [5, 5.41) is 11.8. The molecule has 2 rings (SSSR count). The number of amides is 2. The quantitative estimate of drug-likeness (QED) is 0.669. The Morgan fingerprint density at radius 2 is 2.32 bits per heavy atom. The number of carbonyl (C=O) groups is 2. The summed E-state index contributed by atoms with van der Waals surface area (Å²) in [4.78, 5) is 27.1. The highest BCUT2D eigenvalue weighted by Crippen LogP contribution is 2.20. The minimum absolute atomic E-state index is 0.0189. The monoisotopic (exact) mass is 267 g/mol. The summed E-state index contributed by atoms with van der Waals surface area (Å²) in [7, 11) is 1.50. The van der Waals surface area contributed by atoms with E-state index in [-0.39, 0.29) is 17.8 Å². The molecule has 8 heteroatoms. The van der Waals surface area contributed by atoms with E-state index in [1.165, 1.54) is 7.05 Å². The van der Waals surface area contributed by atoms with Gasteiger partial charge in [-0.1, -0.05) is 5.16 Å². The lowest BCUT2D eigenvalue weighted by Crippen LogP contribution is -2.43. The average Bonchev–Trinajstić information content (AvgIpc) is 3.07. The molecular formula is C11H17N5O3. The smallest absolute Gasteiger partial charge is 0.293 e. The molecule has 1 aromatic heterocycles. The Morgan fingerprint density at radius 3 is 2.95 bits per heavy atom. The fourth-order valence-electron chi connectivity index (χ4n) is 1.91. The molecule has 2 unspecified atom stereocenters. The fourth-order valence-corrected chi connectivity index (χ4v) is 1.91. The van der Waals surface area contributed by atoms with Crippen LogP contribution >= 0.6 is 0 Å². The van der Waals surface area contributed by atoms with Gasteiger partial charge in [-0.05, 0) is 26.3 Å². The van der Waals surface area contributed by atoms with Crippen molar-refractivity contribution in [1.29, 1.82) is 0 Å². The molecule has 2 heterocycles. The zero-order valence-corrected chi connectivity index (χ0v) is 10.9. The van der Waals surface area contributed by atoms with Crippen LogP contribution in [0.4, 0.5) is 0 Å². The van der Waals surface area contributed by atoms with Crippen LogP contribution in [0.5, 0.6) is 0 Å². The molecule has 1 fully saturated rings. The molecule has 19 heavy (non-hydrogen) atoms. The maximum atomic E-state index is 11.8. The van der Waals surface area contributed by atoms with Gasteiger partial charge in [0.25, 0.3) is 11.7 Å². The molecule has 0 bridgehead atoms. The molecule has 1 aromatic rings. The SMILES string of the molecule is CNC(=O)C(C)NC(=O)c1noc(C2CCCN2)n1. The van der Waals surface area contributed by atoms with Gasteiger partial charge in [0.15, 0.2) is 0 Å². The standard InChI is InChI=1S/C11H17N5O3/c1-6(9(17)12-2)14-10(18)8-15-11(19-16-8)7-4-3-5-13-7/h6-7,13H,3-5H2,1-2H3,(H,12,17)(H,14,18). The third kappa shape index (κ3) is 3.08. The molecule has 1 saturated heterocycles. The maximum Gasteiger partial charge on any atom is 0.293 e. The molecule has 0 spiro atoms. The van der Waals surface area contributed by atoms with E-state index in [0.29, 0.717) is 5.89 Å². The predicted octanol–water partition coefficient (Wildman–Crippen LogP) is -0.642. The van der Waals surface area contributed by atoms with Crippen LogP contribution in [0.1, 0.15) is 42.3 Å². The lowest BCUT2D eigenvalue weighted by atomic mass is 10.2. The fraction of sp³-hybridized carbons (Fsp3) is 0.636. The second-order valence-electron chi connectivity index (χ2n) is 4.41. The first-order valence-corrected chi connectivity index (χ1v) is 6.21. The number of rotatable bonds is 4. The highest BCUT2D eigenvalue weighted by atomic mass is 16.5. The van der Waals surface area contributed by atoms with Crippen molar-refractivity contribution in [2.75, 3.05) is 13.6 Å². The number of nitrogens with one attached hydrogen (secondary N) is 3. The Hall–Kier alpha value is -1.96. The van der Waals surface area contributed by atoms with Gasteiger partial charge in [-0.25, -0.2) is 0 Å². The van der Waals surface area contributed by atoms with Gasteiger partial charge in [-0.2, -0.15) is 4.98 Å². The lowest BCUT2D eigenvalue weighted by Gasteiger charge is -2.09. The molecule has 2 atom stereocenters. The molecule has 2 amide bonds. The van der Waals surface area contributed by atoms with Crippen molar-refractivity contribution >= 4 is 11.8 Å². The minimum Gasteiger partial charge on any atom is -0.357 e. The van der Waals surface area contributed by atoms with Crippen molar-refractivity contribution < 1.29 is 14.1 Å². The van der Waals surface area contributed by atoms with Gasteiger partial charge in [0.2, 0.25) is 11.8 Å². The van der Waals surface area contributed by atoms with E-state index in [4.69, 9.17) is 4.52 Å². The first kappa shape index (κ1) is 13.5. The van der Waals surface area contributed by atoms with Gasteiger partial charge in [0.1, 0.15) is 6.04 Å². The molecule has 0 radical (unpaired) electrons. The van der Waals surface area contributed by atoms with Gasteiger partial charge < -0.3 is 20.5 Å². The molecule has 3 N–H and O–H groups in total. The van der Waals surface area contributed by atoms with E-state index in [0.717, 1.165) is 19.4 Å². The van der Waals surface area contributed by atoms with Crippen molar-refractivity contribution in [2.24, 2.45) is 0 Å². The van der Waals surface area contributed by atoms with E-state index in [2.05, 4.69) is 26.1 Å². The van der Waals surface area contributed by atoms with Crippen LogP contribution in [-0.4, -0.2) is 41.6 Å². The van der Waals surface area contributed by atoms with Crippen molar-refractivity contribution in [3.63, 3.8) is 0 Å². The topological polar surface area (TPSA) is 109 Å². The number of carbonyl (C=O) groups excluding carboxylic acids is 2. The molecule has 0 saturated carbocycles. The molecule has 104 valence electrons. The summed E-state index contributed by atoms with van der Waals surface area (Å²) in [6.07, 6.45) is 1.96. The van der Waals surface area contributed by atoms with Crippen LogP contribution in [0.25, 0.3) is 0 Å². The second kappa shape index (κ2) is 5.79. The Kier molecular flexibility index (Phi) is 4.10. The first-order chi connectivity index (χ1) is 9.11. The molecule has 0 aromatic carbocycles. The van der Waals surface area contributed by atoms with Crippen molar-refractivity contribution in [3.05, 3.63) is 11.7 Å². The van der Waals surface area contributed by atoms with Gasteiger partial charge in [-0.15, -0.1) is 0 Å². The van der Waals surface area contributed by atoms with E-state index < -0.39 is 11.9 Å². The zero-order chi connectivity index (χ0) is 13.8. The molecule has 0 aliphatic carbocycles. The number of likely N-dealkylation sites (N-methyl/N-ethyl adjacent to an activating group) is 1. The largest absolute Gasteiger partial charge is 0.357 e. The maximum absolute atomic E-state index is 11.8. The minimum atomic E-state index is -0.649. The van der Waals surface area contributed by atoms with Crippen LogP contribution in [0.2, 0.25) is 0 Å². The van der Waals surface area contributed by atoms with Crippen LogP contribution in [0.3, 0.4) is 0 Å².